The fraction of sp³-hybridized carbons (Fsp3) is 0.692. The molecule has 1 aliphatic rings. The topological polar surface area (TPSA) is 12.0 Å². The Labute approximate surface area is 109 Å². The number of alkyl halides is 3. The minimum atomic E-state index is -4.03. The van der Waals surface area contributed by atoms with Crippen LogP contribution in [0.25, 0.3) is 0 Å². The molecule has 1 aromatic heterocycles. The molecular weight excluding hydrogens is 259 g/mol. The molecule has 2 atom stereocenters. The van der Waals surface area contributed by atoms with Crippen LogP contribution < -0.4 is 5.32 Å². The monoisotopic (exact) mass is 277 g/mol. The zero-order valence-corrected chi connectivity index (χ0v) is 11.2. The molecular formula is C13H18F3NS. The molecule has 2 unspecified atom stereocenters. The van der Waals surface area contributed by atoms with Gasteiger partial charge in [0.25, 0.3) is 0 Å². The van der Waals surface area contributed by atoms with E-state index in [1.54, 1.807) is 11.3 Å². The molecule has 0 saturated heterocycles. The molecule has 0 bridgehead atoms. The van der Waals surface area contributed by atoms with Crippen molar-refractivity contribution in [2.75, 3.05) is 0 Å². The molecule has 1 heterocycles. The lowest BCUT2D eigenvalue weighted by molar-refractivity contribution is -0.183. The van der Waals surface area contributed by atoms with Crippen molar-refractivity contribution in [3.63, 3.8) is 0 Å². The zero-order valence-electron chi connectivity index (χ0n) is 10.4. The van der Waals surface area contributed by atoms with Gasteiger partial charge in [0.1, 0.15) is 0 Å². The lowest BCUT2D eigenvalue weighted by Crippen LogP contribution is -2.38. The lowest BCUT2D eigenvalue weighted by atomic mass is 9.85. The highest BCUT2D eigenvalue weighted by molar-refractivity contribution is 7.10. The summed E-state index contributed by atoms with van der Waals surface area (Å²) in [5, 5.41) is 5.30. The van der Waals surface area contributed by atoms with E-state index >= 15 is 0 Å². The Balaban J connectivity index is 1.85. The van der Waals surface area contributed by atoms with Crippen molar-refractivity contribution in [2.45, 2.75) is 51.4 Å². The van der Waals surface area contributed by atoms with Crippen LogP contribution in [0.2, 0.25) is 0 Å². The molecule has 1 aromatic rings. The van der Waals surface area contributed by atoms with Crippen molar-refractivity contribution in [1.29, 1.82) is 0 Å². The van der Waals surface area contributed by atoms with Crippen molar-refractivity contribution in [3.8, 4) is 0 Å². The normalized spacial score (nSPS) is 25.3. The van der Waals surface area contributed by atoms with Crippen molar-refractivity contribution in [3.05, 3.63) is 21.9 Å². The number of nitrogens with one attached hydrogen (secondary N) is 1. The molecule has 1 fully saturated rings. The van der Waals surface area contributed by atoms with Crippen LogP contribution in [-0.2, 0) is 6.54 Å². The summed E-state index contributed by atoms with van der Waals surface area (Å²) in [5.74, 6) is -1.12. The Morgan fingerprint density at radius 1 is 1.39 bits per heavy atom. The first-order chi connectivity index (χ1) is 8.47. The Morgan fingerprint density at radius 3 is 2.78 bits per heavy atom. The highest BCUT2D eigenvalue weighted by atomic mass is 32.1. The standard InChI is InChI=1S/C13H18F3NS/c1-9-5-6-18-12(9)8-17-11-4-2-3-10(7-11)13(14,15)16/h5-6,10-11,17H,2-4,7-8H2,1H3. The van der Waals surface area contributed by atoms with E-state index in [0.29, 0.717) is 19.4 Å². The fourth-order valence-electron chi connectivity index (χ4n) is 2.49. The minimum Gasteiger partial charge on any atom is -0.309 e. The summed E-state index contributed by atoms with van der Waals surface area (Å²) < 4.78 is 38.0. The molecule has 0 radical (unpaired) electrons. The third kappa shape index (κ3) is 3.48. The molecule has 18 heavy (non-hydrogen) atoms. The van der Waals surface area contributed by atoms with E-state index in [1.165, 1.54) is 10.4 Å². The SMILES string of the molecule is Cc1ccsc1CNC1CCCC(C(F)(F)F)C1. The summed E-state index contributed by atoms with van der Waals surface area (Å²) >= 11 is 1.66. The molecule has 1 nitrogen and oxygen atoms in total. The van der Waals surface area contributed by atoms with E-state index in [0.717, 1.165) is 6.42 Å². The Hall–Kier alpha value is -0.550. The molecule has 0 aliphatic heterocycles. The first-order valence-corrected chi connectivity index (χ1v) is 7.18. The van der Waals surface area contributed by atoms with Gasteiger partial charge >= 0.3 is 6.18 Å². The molecule has 1 N–H and O–H groups in total. The van der Waals surface area contributed by atoms with E-state index in [9.17, 15) is 13.2 Å². The molecule has 2 rings (SSSR count). The molecule has 1 saturated carbocycles. The second-order valence-corrected chi connectivity index (χ2v) is 6.01. The van der Waals surface area contributed by atoms with Crippen molar-refractivity contribution in [2.24, 2.45) is 5.92 Å². The second kappa shape index (κ2) is 5.61. The van der Waals surface area contributed by atoms with E-state index in [4.69, 9.17) is 0 Å². The van der Waals surface area contributed by atoms with Gasteiger partial charge in [0.2, 0.25) is 0 Å². The molecule has 0 aromatic carbocycles. The van der Waals surface area contributed by atoms with Gasteiger partial charge in [-0.25, -0.2) is 0 Å². The van der Waals surface area contributed by atoms with Gasteiger partial charge in [-0.05, 0) is 43.2 Å². The number of aryl methyl sites for hydroxylation is 1. The first kappa shape index (κ1) is 13.9. The number of halogens is 3. The predicted octanol–water partition coefficient (Wildman–Crippen LogP) is 4.27. The van der Waals surface area contributed by atoms with Gasteiger partial charge in [0, 0.05) is 17.5 Å². The first-order valence-electron chi connectivity index (χ1n) is 6.30. The third-order valence-corrected chi connectivity index (χ3v) is 4.68. The van der Waals surface area contributed by atoms with Gasteiger partial charge in [-0.1, -0.05) is 6.42 Å². The quantitative estimate of drug-likeness (QED) is 0.870. The lowest BCUT2D eigenvalue weighted by Gasteiger charge is -2.31. The number of hydrogen-bond acceptors (Lipinski definition) is 2. The smallest absolute Gasteiger partial charge is 0.309 e. The molecule has 0 spiro atoms. The van der Waals surface area contributed by atoms with E-state index in [1.807, 2.05) is 18.4 Å². The van der Waals surface area contributed by atoms with Gasteiger partial charge in [-0.2, -0.15) is 13.2 Å². The van der Waals surface area contributed by atoms with Gasteiger partial charge in [0.15, 0.2) is 0 Å². The van der Waals surface area contributed by atoms with E-state index in [2.05, 4.69) is 5.32 Å². The molecule has 102 valence electrons. The highest BCUT2D eigenvalue weighted by Gasteiger charge is 2.41. The van der Waals surface area contributed by atoms with Crippen LogP contribution in [-0.4, -0.2) is 12.2 Å². The summed E-state index contributed by atoms with van der Waals surface area (Å²) in [6.45, 7) is 2.73. The molecule has 0 amide bonds. The number of rotatable bonds is 3. The Bertz CT molecular complexity index is 386. The summed E-state index contributed by atoms with van der Waals surface area (Å²) in [6, 6.07) is 2.05. The maximum Gasteiger partial charge on any atom is 0.391 e. The van der Waals surface area contributed by atoms with Crippen molar-refractivity contribution >= 4 is 11.3 Å². The van der Waals surface area contributed by atoms with Gasteiger partial charge < -0.3 is 5.32 Å². The van der Waals surface area contributed by atoms with E-state index in [-0.39, 0.29) is 12.5 Å². The van der Waals surface area contributed by atoms with Gasteiger partial charge in [-0.3, -0.25) is 0 Å². The van der Waals surface area contributed by atoms with Crippen LogP contribution in [0, 0.1) is 12.8 Å². The summed E-state index contributed by atoms with van der Waals surface area (Å²) in [6.07, 6.45) is -1.98. The van der Waals surface area contributed by atoms with Crippen molar-refractivity contribution < 1.29 is 13.2 Å². The fourth-order valence-corrected chi connectivity index (χ4v) is 3.35. The van der Waals surface area contributed by atoms with Crippen LogP contribution in [0.1, 0.15) is 36.1 Å². The Morgan fingerprint density at radius 2 is 2.17 bits per heavy atom. The van der Waals surface area contributed by atoms with Crippen LogP contribution >= 0.6 is 11.3 Å². The van der Waals surface area contributed by atoms with Crippen LogP contribution in [0.3, 0.4) is 0 Å². The predicted molar refractivity (Wildman–Crippen MR) is 67.7 cm³/mol. The average Bonchev–Trinajstić information content (AvgIpc) is 2.72. The maximum atomic E-state index is 12.7. The number of hydrogen-bond donors (Lipinski definition) is 1. The largest absolute Gasteiger partial charge is 0.391 e. The van der Waals surface area contributed by atoms with E-state index < -0.39 is 12.1 Å². The molecule has 1 aliphatic carbocycles. The Kier molecular flexibility index (Phi) is 4.33. The summed E-state index contributed by atoms with van der Waals surface area (Å²) in [7, 11) is 0. The minimum absolute atomic E-state index is 0.00637. The zero-order chi connectivity index (χ0) is 13.2. The highest BCUT2D eigenvalue weighted by Crippen LogP contribution is 2.37. The maximum absolute atomic E-state index is 12.7. The summed E-state index contributed by atoms with van der Waals surface area (Å²) in [5.41, 5.74) is 1.22. The van der Waals surface area contributed by atoms with Crippen LogP contribution in [0.15, 0.2) is 11.4 Å². The number of thiophene rings is 1. The van der Waals surface area contributed by atoms with Crippen LogP contribution in [0.4, 0.5) is 13.2 Å². The second-order valence-electron chi connectivity index (χ2n) is 5.01. The van der Waals surface area contributed by atoms with Gasteiger partial charge in [-0.15, -0.1) is 11.3 Å². The van der Waals surface area contributed by atoms with Crippen LogP contribution in [0.5, 0.6) is 0 Å². The third-order valence-electron chi connectivity index (χ3n) is 3.66. The van der Waals surface area contributed by atoms with Gasteiger partial charge in [0.05, 0.1) is 5.92 Å². The van der Waals surface area contributed by atoms with Crippen molar-refractivity contribution in [1.82, 2.24) is 5.32 Å². The average molecular weight is 277 g/mol. The molecule has 5 heteroatoms. The summed E-state index contributed by atoms with van der Waals surface area (Å²) in [4.78, 5) is 1.23.